The maximum Gasteiger partial charge on any atom is 0.407 e. The number of aromatic nitrogens is 1. The number of nitrogens with two attached hydrogens (primary N) is 1. The second kappa shape index (κ2) is 36.8. The molecule has 1 saturated heterocycles. The van der Waals surface area contributed by atoms with Crippen LogP contribution in [0.1, 0.15) is 83.9 Å². The molecule has 10 amide bonds. The standard InChI is InChI=1S/C80H85N11O15S2/c1-46(93)69(71(81)95)89-77(101)67-44-108-107-43-66(86-74(98)64(38-49-23-7-4-8-24-49)88-80(104)106-42-61-58-32-15-11-28-54(58)55-29-12-16-33-59(55)61)76(100)84-63(37-48-21-5-3-6-22-48)73(97)85-65(39-50-40-91(45-92)68-35-18-17-25-51(50)68)75(99)83-62(72(96)90-70(47(2)94)78(102)87-67)34-19-20-36-82-79(103)105-41-60-56-30-13-9-26-52(56)53-27-10-14-31-57(53)60/h3-18,21-33,35,40,45-47,60-67,69-70,93-94H,19-20,34,36-39,41-44H2,1-2H3,(H2,81,95)(H,82,103)(H,83,99)(H,84,100)(H,85,97)(H,86,98)(H,87,102)(H,88,104)(H,89,101)(H,90,96). The summed E-state index contributed by atoms with van der Waals surface area (Å²) in [7, 11) is 1.81. The summed E-state index contributed by atoms with van der Waals surface area (Å²) >= 11 is 0. The van der Waals surface area contributed by atoms with Crippen LogP contribution < -0.4 is 53.6 Å². The molecule has 0 saturated carbocycles. The molecule has 10 atom stereocenters. The molecule has 11 rings (SSSR count). The third kappa shape index (κ3) is 19.4. The summed E-state index contributed by atoms with van der Waals surface area (Å²) in [6.07, 6.45) is -3.36. The Labute approximate surface area is 631 Å². The van der Waals surface area contributed by atoms with Crippen LogP contribution in [0.2, 0.25) is 0 Å². The lowest BCUT2D eigenvalue weighted by molar-refractivity contribution is -0.137. The lowest BCUT2D eigenvalue weighted by Gasteiger charge is -2.29. The van der Waals surface area contributed by atoms with Crippen LogP contribution in [0.5, 0.6) is 0 Å². The molecule has 108 heavy (non-hydrogen) atoms. The molecule has 1 aliphatic heterocycles. The number of hydrogen-bond acceptors (Lipinski definition) is 17. The van der Waals surface area contributed by atoms with Gasteiger partial charge in [-0.1, -0.05) is 198 Å². The molecular formula is C80H85N11O15S2. The summed E-state index contributed by atoms with van der Waals surface area (Å²) in [5.41, 5.74) is 15.6. The van der Waals surface area contributed by atoms with Gasteiger partial charge in [0.15, 0.2) is 0 Å². The molecule has 0 spiro atoms. The minimum absolute atomic E-state index is 0.0358. The molecule has 2 aliphatic carbocycles. The summed E-state index contributed by atoms with van der Waals surface area (Å²) < 4.78 is 13.0. The van der Waals surface area contributed by atoms with E-state index in [0.29, 0.717) is 34.0 Å². The fourth-order valence-electron chi connectivity index (χ4n) is 13.7. The fourth-order valence-corrected chi connectivity index (χ4v) is 16.1. The highest BCUT2D eigenvalue weighted by atomic mass is 33.1. The van der Waals surface area contributed by atoms with Gasteiger partial charge in [0.2, 0.25) is 53.7 Å². The van der Waals surface area contributed by atoms with Crippen molar-refractivity contribution in [2.45, 2.75) is 125 Å². The highest BCUT2D eigenvalue weighted by molar-refractivity contribution is 8.76. The van der Waals surface area contributed by atoms with Gasteiger partial charge in [-0.05, 0) is 100 Å². The maximum atomic E-state index is 15.5. The molecule has 2 heterocycles. The number of ether oxygens (including phenoxy) is 2. The number of unbranched alkanes of at least 4 members (excludes halogenated alkanes) is 1. The van der Waals surface area contributed by atoms with Crippen LogP contribution in [0.25, 0.3) is 33.2 Å². The van der Waals surface area contributed by atoms with E-state index in [4.69, 9.17) is 15.2 Å². The number of fused-ring (bicyclic) bond motifs is 7. The van der Waals surface area contributed by atoms with Crippen molar-refractivity contribution < 1.29 is 72.4 Å². The summed E-state index contributed by atoms with van der Waals surface area (Å²) in [6, 6.07) is 42.5. The predicted molar refractivity (Wildman–Crippen MR) is 408 cm³/mol. The number of para-hydroxylation sites is 1. The average molecular weight is 1500 g/mol. The van der Waals surface area contributed by atoms with Crippen LogP contribution in [0.15, 0.2) is 188 Å². The average Bonchev–Trinajstić information content (AvgIpc) is 1.62. The van der Waals surface area contributed by atoms with Gasteiger partial charge in [-0.2, -0.15) is 0 Å². The van der Waals surface area contributed by atoms with Crippen LogP contribution in [0, 0.1) is 0 Å². The van der Waals surface area contributed by atoms with Crippen molar-refractivity contribution in [2.75, 3.05) is 31.3 Å². The molecule has 1 aromatic heterocycles. The zero-order valence-corrected chi connectivity index (χ0v) is 60.9. The molecule has 1 fully saturated rings. The molecule has 28 heteroatoms. The second-order valence-electron chi connectivity index (χ2n) is 26.8. The van der Waals surface area contributed by atoms with Crippen molar-refractivity contribution in [1.29, 1.82) is 0 Å². The number of nitrogens with one attached hydrogen (secondary N) is 9. The van der Waals surface area contributed by atoms with Crippen molar-refractivity contribution in [3.8, 4) is 22.3 Å². The first-order valence-electron chi connectivity index (χ1n) is 35.6. The first-order chi connectivity index (χ1) is 52.2. The van der Waals surface area contributed by atoms with Gasteiger partial charge < -0.3 is 73.3 Å². The number of nitrogens with zero attached hydrogens (tertiary/aromatic N) is 1. The van der Waals surface area contributed by atoms with Gasteiger partial charge in [-0.25, -0.2) is 9.59 Å². The number of carbonyl (C=O) groups is 11. The smallest absolute Gasteiger partial charge is 0.407 e. The van der Waals surface area contributed by atoms with Gasteiger partial charge in [-0.3, -0.25) is 47.7 Å². The van der Waals surface area contributed by atoms with Gasteiger partial charge in [0.05, 0.1) is 17.7 Å². The third-order valence-corrected chi connectivity index (χ3v) is 21.7. The van der Waals surface area contributed by atoms with E-state index in [1.165, 1.54) is 24.6 Å². The Morgan fingerprint density at radius 1 is 0.565 bits per heavy atom. The topological polar surface area (TPSA) is 386 Å². The van der Waals surface area contributed by atoms with Gasteiger partial charge in [0.25, 0.3) is 0 Å². The Bertz CT molecular complexity index is 4510. The highest BCUT2D eigenvalue weighted by Crippen LogP contribution is 2.46. The van der Waals surface area contributed by atoms with Crippen molar-refractivity contribution in [3.63, 3.8) is 0 Å². The van der Waals surface area contributed by atoms with Crippen LogP contribution in [-0.4, -0.2) is 172 Å². The van der Waals surface area contributed by atoms with Crippen molar-refractivity contribution in [2.24, 2.45) is 5.73 Å². The maximum absolute atomic E-state index is 15.5. The van der Waals surface area contributed by atoms with E-state index in [0.717, 1.165) is 66.1 Å². The first kappa shape index (κ1) is 77.8. The largest absolute Gasteiger partial charge is 0.449 e. The number of hydrogen-bond donors (Lipinski definition) is 12. The summed E-state index contributed by atoms with van der Waals surface area (Å²) in [5, 5.41) is 46.5. The number of primary amides is 1. The SMILES string of the molecule is CC(O)C(NC(=O)C1CSSCC(NC(=O)C(Cc2ccccc2)NC(=O)OCC2c3ccccc3-c3ccccc32)C(=O)NC(Cc2ccccc2)C(=O)NC(Cc2cn(C=O)c3ccccc23)C(=O)NC(CCCCNC(=O)OCC2c3ccccc3-c3ccccc32)C(=O)NC(C(C)O)C(=O)N1)C(N)=O. The molecule has 10 unspecified atom stereocenters. The van der Waals surface area contributed by atoms with Gasteiger partial charge in [0.1, 0.15) is 61.5 Å². The Balaban J connectivity index is 0.893. The first-order valence-corrected chi connectivity index (χ1v) is 38.1. The Kier molecular flexibility index (Phi) is 26.5. The minimum atomic E-state index is -1.87. The fraction of sp³-hybridized carbons (Fsp3) is 0.312. The van der Waals surface area contributed by atoms with Crippen LogP contribution in [0.3, 0.4) is 0 Å². The quantitative estimate of drug-likeness (QED) is 0.0206. The summed E-state index contributed by atoms with van der Waals surface area (Å²) in [6.45, 7) is 2.36. The van der Waals surface area contributed by atoms with E-state index in [1.807, 2.05) is 97.1 Å². The molecule has 3 aliphatic rings. The second-order valence-corrected chi connectivity index (χ2v) is 29.3. The van der Waals surface area contributed by atoms with Gasteiger partial charge in [0, 0.05) is 60.7 Å². The molecule has 0 radical (unpaired) electrons. The normalized spacial score (nSPS) is 19.6. The van der Waals surface area contributed by atoms with Crippen molar-refractivity contribution in [1.82, 2.24) is 52.4 Å². The molecule has 13 N–H and O–H groups in total. The number of carbonyl (C=O) groups excluding carboxylic acids is 11. The number of benzene rings is 7. The van der Waals surface area contributed by atoms with E-state index >= 15 is 19.2 Å². The van der Waals surface area contributed by atoms with Gasteiger partial charge in [-0.15, -0.1) is 0 Å². The molecule has 26 nitrogen and oxygen atoms in total. The van der Waals surface area contributed by atoms with Crippen LogP contribution in [-0.2, 0) is 71.9 Å². The lowest BCUT2D eigenvalue weighted by atomic mass is 9.98. The molecule has 8 aromatic rings. The highest BCUT2D eigenvalue weighted by Gasteiger charge is 2.39. The van der Waals surface area contributed by atoms with Gasteiger partial charge >= 0.3 is 12.2 Å². The molecule has 7 aromatic carbocycles. The molecule has 0 bridgehead atoms. The Hall–Kier alpha value is -11.3. The van der Waals surface area contributed by atoms with Crippen molar-refractivity contribution >= 4 is 98.3 Å². The minimum Gasteiger partial charge on any atom is -0.449 e. The zero-order valence-electron chi connectivity index (χ0n) is 59.2. The zero-order chi connectivity index (χ0) is 76.4. The number of aliphatic hydroxyl groups is 2. The predicted octanol–water partition coefficient (Wildman–Crippen LogP) is 5.36. The summed E-state index contributed by atoms with van der Waals surface area (Å²) in [4.78, 5) is 158. The van der Waals surface area contributed by atoms with E-state index < -0.39 is 126 Å². The van der Waals surface area contributed by atoms with E-state index in [2.05, 4.69) is 47.9 Å². The number of alkyl carbamates (subject to hydrolysis) is 2. The van der Waals surface area contributed by atoms with E-state index in [9.17, 15) is 43.8 Å². The molecule has 562 valence electrons. The third-order valence-electron chi connectivity index (χ3n) is 19.3. The molecular weight excluding hydrogens is 1420 g/mol. The lowest BCUT2D eigenvalue weighted by Crippen LogP contribution is -2.62. The van der Waals surface area contributed by atoms with E-state index in [1.54, 1.807) is 84.9 Å². The summed E-state index contributed by atoms with van der Waals surface area (Å²) in [5.74, 6) is -9.33. The Morgan fingerprint density at radius 2 is 1.06 bits per heavy atom. The number of aliphatic hydroxyl groups excluding tert-OH is 2. The van der Waals surface area contributed by atoms with Crippen molar-refractivity contribution in [3.05, 3.63) is 227 Å². The number of rotatable bonds is 24. The van der Waals surface area contributed by atoms with E-state index in [-0.39, 0.29) is 75.9 Å². The van der Waals surface area contributed by atoms with Crippen LogP contribution in [0.4, 0.5) is 9.59 Å². The monoisotopic (exact) mass is 1500 g/mol. The number of amides is 10. The Morgan fingerprint density at radius 3 is 1.63 bits per heavy atom. The van der Waals surface area contributed by atoms with Crippen LogP contribution >= 0.6 is 21.6 Å².